The second kappa shape index (κ2) is 6.57. The fourth-order valence-corrected chi connectivity index (χ4v) is 3.83. The number of hydrogen-bond acceptors (Lipinski definition) is 5. The van der Waals surface area contributed by atoms with Gasteiger partial charge in [-0.2, -0.15) is 0 Å². The van der Waals surface area contributed by atoms with E-state index in [9.17, 15) is 4.79 Å². The fourth-order valence-electron chi connectivity index (χ4n) is 3.83. The summed E-state index contributed by atoms with van der Waals surface area (Å²) < 4.78 is 8.38. The first-order valence-electron chi connectivity index (χ1n) is 8.73. The van der Waals surface area contributed by atoms with Gasteiger partial charge < -0.3 is 14.6 Å². The quantitative estimate of drug-likeness (QED) is 0.899. The first kappa shape index (κ1) is 16.2. The molecule has 7 heteroatoms. The van der Waals surface area contributed by atoms with Gasteiger partial charge in [-0.25, -0.2) is 4.98 Å². The second-order valence-corrected chi connectivity index (χ2v) is 6.72. The zero-order chi connectivity index (χ0) is 17.3. The van der Waals surface area contributed by atoms with Crippen LogP contribution in [0.3, 0.4) is 0 Å². The van der Waals surface area contributed by atoms with E-state index in [4.69, 9.17) is 4.74 Å². The van der Waals surface area contributed by atoms with Crippen LogP contribution in [0.4, 0.5) is 0 Å². The Balaban J connectivity index is 1.50. The molecule has 0 aromatic carbocycles. The normalized spacial score (nSPS) is 22.5. The van der Waals surface area contributed by atoms with Crippen LogP contribution in [0, 0.1) is 0 Å². The highest BCUT2D eigenvalue weighted by Crippen LogP contribution is 2.40. The average Bonchev–Trinajstić information content (AvgIpc) is 3.13. The molecule has 132 valence electrons. The Morgan fingerprint density at radius 3 is 2.88 bits per heavy atom. The molecule has 2 aromatic heterocycles. The second-order valence-electron chi connectivity index (χ2n) is 6.72. The number of piperidine rings is 1. The number of carbonyl (C=O) groups excluding carboxylic acids is 1. The summed E-state index contributed by atoms with van der Waals surface area (Å²) in [6.45, 7) is 3.15. The van der Waals surface area contributed by atoms with Crippen molar-refractivity contribution in [2.45, 2.75) is 37.6 Å². The third kappa shape index (κ3) is 3.05. The summed E-state index contributed by atoms with van der Waals surface area (Å²) >= 11 is 0. The summed E-state index contributed by atoms with van der Waals surface area (Å²) in [4.78, 5) is 23.5. The van der Waals surface area contributed by atoms with Gasteiger partial charge in [0.15, 0.2) is 6.10 Å². The zero-order valence-corrected chi connectivity index (χ0v) is 14.4. The molecule has 0 saturated carbocycles. The number of ether oxygens (including phenoxy) is 1. The Bertz CT molecular complexity index is 737. The van der Waals surface area contributed by atoms with E-state index in [0.717, 1.165) is 44.0 Å². The maximum atomic E-state index is 12.1. The molecular formula is C18H23N5O2. The smallest absolute Gasteiger partial charge is 0.250 e. The van der Waals surface area contributed by atoms with Crippen molar-refractivity contribution in [2.75, 3.05) is 20.1 Å². The van der Waals surface area contributed by atoms with Gasteiger partial charge in [0.2, 0.25) is 0 Å². The minimum atomic E-state index is -0.473. The summed E-state index contributed by atoms with van der Waals surface area (Å²) in [6.07, 6.45) is 6.75. The summed E-state index contributed by atoms with van der Waals surface area (Å²) in [5.74, 6) is 0.875. The van der Waals surface area contributed by atoms with Gasteiger partial charge in [0.05, 0.1) is 12.2 Å². The van der Waals surface area contributed by atoms with Crippen LogP contribution in [0.1, 0.15) is 24.4 Å². The minimum Gasteiger partial charge on any atom is -0.357 e. The highest BCUT2D eigenvalue weighted by Gasteiger charge is 2.46. The molecule has 1 amide bonds. The number of likely N-dealkylation sites (N-methyl/N-ethyl adjacent to an activating group) is 1. The first-order chi connectivity index (χ1) is 12.2. The third-order valence-corrected chi connectivity index (χ3v) is 5.17. The van der Waals surface area contributed by atoms with Crippen LogP contribution in [-0.4, -0.2) is 51.6 Å². The SMILES string of the molecule is CNC(=O)C1Cn2ccnc2C2(CCN(Cc3ccccn3)CC2)O1. The molecular weight excluding hydrogens is 318 g/mol. The first-order valence-corrected chi connectivity index (χ1v) is 8.73. The van der Waals surface area contributed by atoms with Crippen molar-refractivity contribution in [2.24, 2.45) is 0 Å². The van der Waals surface area contributed by atoms with E-state index in [2.05, 4.69) is 30.8 Å². The lowest BCUT2D eigenvalue weighted by Crippen LogP contribution is -2.53. The van der Waals surface area contributed by atoms with Crippen molar-refractivity contribution in [3.63, 3.8) is 0 Å². The van der Waals surface area contributed by atoms with Crippen molar-refractivity contribution in [3.05, 3.63) is 48.3 Å². The van der Waals surface area contributed by atoms with E-state index in [1.807, 2.05) is 24.5 Å². The molecule has 0 radical (unpaired) electrons. The Morgan fingerprint density at radius 2 is 2.16 bits per heavy atom. The number of carbonyl (C=O) groups is 1. The molecule has 4 heterocycles. The topological polar surface area (TPSA) is 72.3 Å². The average molecular weight is 341 g/mol. The van der Waals surface area contributed by atoms with Crippen LogP contribution >= 0.6 is 0 Å². The molecule has 0 bridgehead atoms. The molecule has 2 aliphatic rings. The van der Waals surface area contributed by atoms with E-state index >= 15 is 0 Å². The fraction of sp³-hybridized carbons (Fsp3) is 0.500. The van der Waals surface area contributed by atoms with Gasteiger partial charge in [0.1, 0.15) is 11.4 Å². The summed E-state index contributed by atoms with van der Waals surface area (Å²) in [7, 11) is 1.65. The number of rotatable bonds is 3. The number of hydrogen-bond donors (Lipinski definition) is 1. The number of fused-ring (bicyclic) bond motifs is 2. The van der Waals surface area contributed by atoms with Crippen LogP contribution in [0.2, 0.25) is 0 Å². The van der Waals surface area contributed by atoms with E-state index in [0.29, 0.717) is 6.54 Å². The minimum absolute atomic E-state index is 0.0744. The molecule has 2 aliphatic heterocycles. The molecule has 7 nitrogen and oxygen atoms in total. The van der Waals surface area contributed by atoms with Gasteiger partial charge in [0.25, 0.3) is 5.91 Å². The lowest BCUT2D eigenvalue weighted by atomic mass is 9.88. The van der Waals surface area contributed by atoms with Crippen molar-refractivity contribution >= 4 is 5.91 Å². The van der Waals surface area contributed by atoms with Crippen molar-refractivity contribution in [1.29, 1.82) is 0 Å². The van der Waals surface area contributed by atoms with Gasteiger partial charge in [-0.3, -0.25) is 14.7 Å². The van der Waals surface area contributed by atoms with Gasteiger partial charge in [-0.1, -0.05) is 6.07 Å². The molecule has 1 unspecified atom stereocenters. The summed E-state index contributed by atoms with van der Waals surface area (Å²) in [5.41, 5.74) is 0.604. The van der Waals surface area contributed by atoms with Crippen LogP contribution in [0.25, 0.3) is 0 Å². The molecule has 2 aromatic rings. The molecule has 1 atom stereocenters. The summed E-state index contributed by atoms with van der Waals surface area (Å²) in [6, 6.07) is 6.00. The maximum absolute atomic E-state index is 12.1. The Morgan fingerprint density at radius 1 is 1.32 bits per heavy atom. The van der Waals surface area contributed by atoms with E-state index < -0.39 is 11.7 Å². The molecule has 1 N–H and O–H groups in total. The number of pyridine rings is 1. The zero-order valence-electron chi connectivity index (χ0n) is 14.4. The van der Waals surface area contributed by atoms with Gasteiger partial charge in [-0.05, 0) is 25.0 Å². The number of likely N-dealkylation sites (tertiary alicyclic amines) is 1. The lowest BCUT2D eigenvalue weighted by molar-refractivity contribution is -0.173. The van der Waals surface area contributed by atoms with Crippen LogP contribution in [0.5, 0.6) is 0 Å². The Hall–Kier alpha value is -2.25. The van der Waals surface area contributed by atoms with Crippen LogP contribution in [-0.2, 0) is 28.2 Å². The van der Waals surface area contributed by atoms with E-state index in [1.54, 1.807) is 13.2 Å². The van der Waals surface area contributed by atoms with Gasteiger partial charge in [0, 0.05) is 45.3 Å². The van der Waals surface area contributed by atoms with Gasteiger partial charge >= 0.3 is 0 Å². The monoisotopic (exact) mass is 341 g/mol. The molecule has 0 aliphatic carbocycles. The third-order valence-electron chi connectivity index (χ3n) is 5.17. The summed E-state index contributed by atoms with van der Waals surface area (Å²) in [5, 5.41) is 2.70. The van der Waals surface area contributed by atoms with Crippen LogP contribution in [0.15, 0.2) is 36.8 Å². The van der Waals surface area contributed by atoms with E-state index in [-0.39, 0.29) is 5.91 Å². The molecule has 25 heavy (non-hydrogen) atoms. The number of imidazole rings is 1. The highest BCUT2D eigenvalue weighted by molar-refractivity contribution is 5.80. The number of nitrogens with zero attached hydrogens (tertiary/aromatic N) is 4. The lowest BCUT2D eigenvalue weighted by Gasteiger charge is -2.45. The Labute approximate surface area is 147 Å². The number of amides is 1. The van der Waals surface area contributed by atoms with Crippen LogP contribution < -0.4 is 5.32 Å². The predicted molar refractivity (Wildman–Crippen MR) is 91.6 cm³/mol. The van der Waals surface area contributed by atoms with Crippen molar-refractivity contribution in [3.8, 4) is 0 Å². The number of aromatic nitrogens is 3. The molecule has 1 saturated heterocycles. The molecule has 1 fully saturated rings. The molecule has 4 rings (SSSR count). The predicted octanol–water partition coefficient (Wildman–Crippen LogP) is 0.914. The standard InChI is InChI=1S/C18H23N5O2/c1-19-16(24)15-13-23-11-8-21-17(23)18(25-15)5-9-22(10-6-18)12-14-4-2-3-7-20-14/h2-4,7-8,11,15H,5-6,9-10,12-13H2,1H3,(H,19,24). The highest BCUT2D eigenvalue weighted by atomic mass is 16.5. The van der Waals surface area contributed by atoms with Crippen molar-refractivity contribution in [1.82, 2.24) is 24.8 Å². The maximum Gasteiger partial charge on any atom is 0.250 e. The number of nitrogens with one attached hydrogen (secondary N) is 1. The van der Waals surface area contributed by atoms with Crippen molar-refractivity contribution < 1.29 is 9.53 Å². The Kier molecular flexibility index (Phi) is 4.27. The van der Waals surface area contributed by atoms with E-state index in [1.165, 1.54) is 0 Å². The molecule has 1 spiro atoms. The largest absolute Gasteiger partial charge is 0.357 e. The van der Waals surface area contributed by atoms with Gasteiger partial charge in [-0.15, -0.1) is 0 Å².